The predicted octanol–water partition coefficient (Wildman–Crippen LogP) is 5.57. The third-order valence-electron chi connectivity index (χ3n) is 7.19. The van der Waals surface area contributed by atoms with Crippen LogP contribution in [-0.4, -0.2) is 54.2 Å². The van der Waals surface area contributed by atoms with Crippen LogP contribution in [0.3, 0.4) is 0 Å². The summed E-state index contributed by atoms with van der Waals surface area (Å²) in [4.78, 5) is 12.8. The molecule has 1 saturated heterocycles. The number of halogens is 3. The number of benzene rings is 2. The molecule has 0 amide bonds. The highest BCUT2D eigenvalue weighted by Crippen LogP contribution is 2.39. The Morgan fingerprint density at radius 2 is 1.78 bits per heavy atom. The van der Waals surface area contributed by atoms with Gasteiger partial charge in [-0.05, 0) is 82.1 Å². The summed E-state index contributed by atoms with van der Waals surface area (Å²) >= 11 is 0. The van der Waals surface area contributed by atoms with Crippen molar-refractivity contribution in [1.82, 2.24) is 14.9 Å². The molecule has 0 saturated carbocycles. The monoisotopic (exact) mass is 496 g/mol. The summed E-state index contributed by atoms with van der Waals surface area (Å²) in [6, 6.07) is 8.34. The Balaban J connectivity index is 1.41. The highest BCUT2D eigenvalue weighted by atomic mass is 19.1. The van der Waals surface area contributed by atoms with Gasteiger partial charge in [-0.2, -0.15) is 0 Å². The molecule has 2 aliphatic rings. The van der Waals surface area contributed by atoms with Gasteiger partial charge in [0, 0.05) is 18.0 Å². The summed E-state index contributed by atoms with van der Waals surface area (Å²) in [5, 5.41) is 0. The van der Waals surface area contributed by atoms with Gasteiger partial charge >= 0.3 is 0 Å². The Morgan fingerprint density at radius 3 is 2.50 bits per heavy atom. The zero-order valence-electron chi connectivity index (χ0n) is 20.9. The maximum Gasteiger partial charge on any atom is 0.178 e. The van der Waals surface area contributed by atoms with E-state index in [1.54, 1.807) is 6.07 Å². The predicted molar refractivity (Wildman–Crippen MR) is 134 cm³/mol. The lowest BCUT2D eigenvalue weighted by atomic mass is 9.88. The van der Waals surface area contributed by atoms with E-state index in [9.17, 15) is 13.2 Å². The van der Waals surface area contributed by atoms with Gasteiger partial charge in [0.2, 0.25) is 0 Å². The minimum absolute atomic E-state index is 0.0133. The lowest BCUT2D eigenvalue weighted by molar-refractivity contribution is 0.253. The molecule has 0 atom stereocenters. The van der Waals surface area contributed by atoms with Crippen molar-refractivity contribution in [2.75, 3.05) is 38.2 Å². The second kappa shape index (κ2) is 10.1. The number of fused-ring (bicyclic) bond motifs is 1. The average molecular weight is 497 g/mol. The van der Waals surface area contributed by atoms with E-state index in [0.29, 0.717) is 35.8 Å². The minimum atomic E-state index is -0.644. The standard InChI is InChI=1S/C28H31F3N4O/c1-17(2)35-10-11-36-28-23(30)14-20(15-25(28)35)27-24(31)16-32-26(33-27)13-18-4-5-21(22(29)12-18)19-6-8-34(3)9-7-19/h4-5,12,14-17,19H,6-11,13H2,1-3H3. The van der Waals surface area contributed by atoms with Crippen molar-refractivity contribution in [3.05, 3.63) is 70.9 Å². The zero-order valence-corrected chi connectivity index (χ0v) is 20.9. The normalized spacial score (nSPS) is 16.8. The molecule has 0 aliphatic carbocycles. The van der Waals surface area contributed by atoms with Gasteiger partial charge < -0.3 is 14.5 Å². The molecule has 0 radical (unpaired) electrons. The molecule has 0 bridgehead atoms. The Bertz CT molecular complexity index is 1260. The van der Waals surface area contributed by atoms with Crippen LogP contribution in [0.15, 0.2) is 36.5 Å². The van der Waals surface area contributed by atoms with Crippen molar-refractivity contribution in [3.63, 3.8) is 0 Å². The fraction of sp³-hybridized carbons (Fsp3) is 0.429. The van der Waals surface area contributed by atoms with Crippen molar-refractivity contribution < 1.29 is 17.9 Å². The van der Waals surface area contributed by atoms with E-state index < -0.39 is 11.6 Å². The van der Waals surface area contributed by atoms with Crippen LogP contribution in [-0.2, 0) is 6.42 Å². The first-order chi connectivity index (χ1) is 17.3. The fourth-order valence-corrected chi connectivity index (χ4v) is 5.18. The average Bonchev–Trinajstić information content (AvgIpc) is 2.85. The minimum Gasteiger partial charge on any atom is -0.486 e. The van der Waals surface area contributed by atoms with Gasteiger partial charge in [0.1, 0.15) is 23.9 Å². The van der Waals surface area contributed by atoms with Crippen LogP contribution in [0, 0.1) is 17.5 Å². The van der Waals surface area contributed by atoms with Gasteiger partial charge in [0.05, 0.1) is 18.4 Å². The molecule has 0 N–H and O–H groups in total. The molecular formula is C28H31F3N4O. The number of ether oxygens (including phenoxy) is 1. The van der Waals surface area contributed by atoms with Gasteiger partial charge in [0.15, 0.2) is 17.4 Å². The molecule has 190 valence electrons. The van der Waals surface area contributed by atoms with Crippen LogP contribution < -0.4 is 9.64 Å². The Hall–Kier alpha value is -3.13. The van der Waals surface area contributed by atoms with Crippen LogP contribution >= 0.6 is 0 Å². The molecule has 3 aromatic rings. The maximum absolute atomic E-state index is 15.0. The van der Waals surface area contributed by atoms with Crippen LogP contribution in [0.5, 0.6) is 5.75 Å². The quantitative estimate of drug-likeness (QED) is 0.462. The van der Waals surface area contributed by atoms with Crippen molar-refractivity contribution >= 4 is 5.69 Å². The summed E-state index contributed by atoms with van der Waals surface area (Å²) < 4.78 is 50.3. The third kappa shape index (κ3) is 4.91. The molecular weight excluding hydrogens is 465 g/mol. The SMILES string of the molecule is CC(C)N1CCOc2c(F)cc(-c3nc(Cc4ccc(C5CCN(C)CC5)c(F)c4)ncc3F)cc21. The van der Waals surface area contributed by atoms with Crippen LogP contribution in [0.1, 0.15) is 49.6 Å². The van der Waals surface area contributed by atoms with E-state index in [0.717, 1.165) is 37.7 Å². The lowest BCUT2D eigenvalue weighted by Crippen LogP contribution is -2.38. The molecule has 1 aromatic heterocycles. The maximum atomic E-state index is 15.0. The number of rotatable bonds is 5. The van der Waals surface area contributed by atoms with Crippen molar-refractivity contribution in [2.24, 2.45) is 0 Å². The second-order valence-corrected chi connectivity index (χ2v) is 10.0. The van der Waals surface area contributed by atoms with Crippen LogP contribution in [0.25, 0.3) is 11.3 Å². The molecule has 36 heavy (non-hydrogen) atoms. The Kier molecular flexibility index (Phi) is 6.88. The first-order valence-electron chi connectivity index (χ1n) is 12.5. The molecule has 0 unspecified atom stereocenters. The lowest BCUT2D eigenvalue weighted by Gasteiger charge is -2.34. The molecule has 5 rings (SSSR count). The number of hydrogen-bond acceptors (Lipinski definition) is 5. The molecule has 2 aromatic carbocycles. The van der Waals surface area contributed by atoms with Crippen molar-refractivity contribution in [1.29, 1.82) is 0 Å². The van der Waals surface area contributed by atoms with E-state index in [-0.39, 0.29) is 35.6 Å². The van der Waals surface area contributed by atoms with E-state index in [1.807, 2.05) is 30.9 Å². The summed E-state index contributed by atoms with van der Waals surface area (Å²) in [7, 11) is 2.08. The zero-order chi connectivity index (χ0) is 25.4. The van der Waals surface area contributed by atoms with Crippen LogP contribution in [0.4, 0.5) is 18.9 Å². The van der Waals surface area contributed by atoms with Gasteiger partial charge in [-0.1, -0.05) is 12.1 Å². The van der Waals surface area contributed by atoms with Crippen molar-refractivity contribution in [2.45, 2.75) is 45.1 Å². The Morgan fingerprint density at radius 1 is 1.00 bits per heavy atom. The van der Waals surface area contributed by atoms with E-state index >= 15 is 0 Å². The van der Waals surface area contributed by atoms with Crippen LogP contribution in [0.2, 0.25) is 0 Å². The van der Waals surface area contributed by atoms with Gasteiger partial charge in [-0.3, -0.25) is 0 Å². The number of likely N-dealkylation sites (tertiary alicyclic amines) is 1. The first-order valence-corrected chi connectivity index (χ1v) is 12.5. The summed E-state index contributed by atoms with van der Waals surface area (Å²) in [5.74, 6) is -0.692. The highest BCUT2D eigenvalue weighted by Gasteiger charge is 2.26. The number of nitrogens with zero attached hydrogens (tertiary/aromatic N) is 4. The topological polar surface area (TPSA) is 41.5 Å². The van der Waals surface area contributed by atoms with E-state index in [4.69, 9.17) is 4.74 Å². The molecule has 1 fully saturated rings. The van der Waals surface area contributed by atoms with E-state index in [1.165, 1.54) is 12.1 Å². The molecule has 2 aliphatic heterocycles. The van der Waals surface area contributed by atoms with Gasteiger partial charge in [-0.25, -0.2) is 23.1 Å². The number of piperidine rings is 1. The number of anilines is 1. The third-order valence-corrected chi connectivity index (χ3v) is 7.19. The Labute approximate surface area is 209 Å². The number of aromatic nitrogens is 2. The molecule has 0 spiro atoms. The van der Waals surface area contributed by atoms with Crippen molar-refractivity contribution in [3.8, 4) is 17.0 Å². The fourth-order valence-electron chi connectivity index (χ4n) is 5.18. The first kappa shape index (κ1) is 24.6. The molecule has 8 heteroatoms. The van der Waals surface area contributed by atoms with E-state index in [2.05, 4.69) is 21.9 Å². The smallest absolute Gasteiger partial charge is 0.178 e. The van der Waals surface area contributed by atoms with Gasteiger partial charge in [0.25, 0.3) is 0 Å². The summed E-state index contributed by atoms with van der Waals surface area (Å²) in [6.07, 6.45) is 3.21. The molecule has 3 heterocycles. The molecule has 5 nitrogen and oxygen atoms in total. The number of hydrogen-bond donors (Lipinski definition) is 0. The van der Waals surface area contributed by atoms with Gasteiger partial charge in [-0.15, -0.1) is 0 Å². The highest BCUT2D eigenvalue weighted by molar-refractivity contribution is 5.72. The summed E-state index contributed by atoms with van der Waals surface area (Å²) in [5.41, 5.74) is 2.36. The summed E-state index contributed by atoms with van der Waals surface area (Å²) in [6.45, 7) is 6.95. The largest absolute Gasteiger partial charge is 0.486 e. The second-order valence-electron chi connectivity index (χ2n) is 10.0.